The zero-order valence-corrected chi connectivity index (χ0v) is 13.2. The van der Waals surface area contributed by atoms with Gasteiger partial charge in [0.05, 0.1) is 6.61 Å². The molecule has 1 aromatic rings. The maximum Gasteiger partial charge on any atom is 0.0540 e. The number of aliphatic hydroxyl groups excluding tert-OH is 1. The van der Waals surface area contributed by atoms with E-state index in [0.717, 1.165) is 18.7 Å². The standard InChI is InChI=1S/C18H26N2O/c1-19-11-6-10-18(15-19)20(2)14-17-9-5-8-16(13-17)7-3-4-12-21/h5,8-9,13,18,21H,4,6,10-12,14-15H2,1-2H3. The van der Waals surface area contributed by atoms with Crippen molar-refractivity contribution in [1.82, 2.24) is 9.80 Å². The van der Waals surface area contributed by atoms with Crippen molar-refractivity contribution in [1.29, 1.82) is 0 Å². The van der Waals surface area contributed by atoms with Crippen molar-refractivity contribution < 1.29 is 5.11 Å². The smallest absolute Gasteiger partial charge is 0.0540 e. The van der Waals surface area contributed by atoms with Crippen molar-refractivity contribution in [2.75, 3.05) is 33.8 Å². The lowest BCUT2D eigenvalue weighted by molar-refractivity contribution is 0.129. The Balaban J connectivity index is 1.96. The van der Waals surface area contributed by atoms with E-state index in [2.05, 4.69) is 53.9 Å². The van der Waals surface area contributed by atoms with E-state index in [4.69, 9.17) is 5.11 Å². The van der Waals surface area contributed by atoms with E-state index < -0.39 is 0 Å². The van der Waals surface area contributed by atoms with E-state index in [9.17, 15) is 0 Å². The van der Waals surface area contributed by atoms with Gasteiger partial charge >= 0.3 is 0 Å². The Morgan fingerprint density at radius 3 is 3.05 bits per heavy atom. The van der Waals surface area contributed by atoms with Crippen LogP contribution in [0, 0.1) is 11.8 Å². The molecule has 0 bridgehead atoms. The van der Waals surface area contributed by atoms with Gasteiger partial charge < -0.3 is 10.0 Å². The molecule has 1 aliphatic rings. The van der Waals surface area contributed by atoms with E-state index in [-0.39, 0.29) is 6.61 Å². The first-order chi connectivity index (χ1) is 10.2. The summed E-state index contributed by atoms with van der Waals surface area (Å²) in [7, 11) is 4.42. The second-order valence-electron chi connectivity index (χ2n) is 5.95. The van der Waals surface area contributed by atoms with Crippen LogP contribution in [0.2, 0.25) is 0 Å². The Kier molecular flexibility index (Phi) is 6.25. The zero-order chi connectivity index (χ0) is 15.1. The topological polar surface area (TPSA) is 26.7 Å². The SMILES string of the molecule is CN1CCCC(N(C)Cc2cccc(C#CCCO)c2)C1. The highest BCUT2D eigenvalue weighted by atomic mass is 16.2. The number of hydrogen-bond acceptors (Lipinski definition) is 3. The second-order valence-corrected chi connectivity index (χ2v) is 5.95. The van der Waals surface area contributed by atoms with Gasteiger partial charge in [0.25, 0.3) is 0 Å². The van der Waals surface area contributed by atoms with Crippen LogP contribution < -0.4 is 0 Å². The highest BCUT2D eigenvalue weighted by Crippen LogP contribution is 2.16. The molecule has 1 unspecified atom stereocenters. The number of hydrogen-bond donors (Lipinski definition) is 1. The van der Waals surface area contributed by atoms with Gasteiger partial charge in [-0.05, 0) is 51.2 Å². The molecule has 0 radical (unpaired) electrons. The van der Waals surface area contributed by atoms with Gasteiger partial charge in [0.15, 0.2) is 0 Å². The molecule has 21 heavy (non-hydrogen) atoms. The van der Waals surface area contributed by atoms with Gasteiger partial charge in [-0.1, -0.05) is 24.0 Å². The van der Waals surface area contributed by atoms with Crippen LogP contribution in [0.3, 0.4) is 0 Å². The lowest BCUT2D eigenvalue weighted by Gasteiger charge is -2.35. The summed E-state index contributed by atoms with van der Waals surface area (Å²) >= 11 is 0. The maximum atomic E-state index is 8.77. The number of aliphatic hydroxyl groups is 1. The number of nitrogens with zero attached hydrogens (tertiary/aromatic N) is 2. The summed E-state index contributed by atoms with van der Waals surface area (Å²) in [6, 6.07) is 9.07. The van der Waals surface area contributed by atoms with Gasteiger partial charge in [-0.2, -0.15) is 0 Å². The monoisotopic (exact) mass is 286 g/mol. The molecule has 0 aromatic heterocycles. The fourth-order valence-electron chi connectivity index (χ4n) is 2.88. The van der Waals surface area contributed by atoms with Crippen molar-refractivity contribution in [2.24, 2.45) is 0 Å². The van der Waals surface area contributed by atoms with E-state index in [1.54, 1.807) is 0 Å². The molecule has 1 fully saturated rings. The third-order valence-corrected chi connectivity index (χ3v) is 4.05. The van der Waals surface area contributed by atoms with E-state index in [1.165, 1.54) is 24.9 Å². The lowest BCUT2D eigenvalue weighted by Crippen LogP contribution is -2.44. The Bertz CT molecular complexity index is 503. The fourth-order valence-corrected chi connectivity index (χ4v) is 2.88. The van der Waals surface area contributed by atoms with Crippen LogP contribution >= 0.6 is 0 Å². The predicted octanol–water partition coefficient (Wildman–Crippen LogP) is 1.95. The summed E-state index contributed by atoms with van der Waals surface area (Å²) in [5.41, 5.74) is 2.34. The van der Waals surface area contributed by atoms with Gasteiger partial charge in [-0.15, -0.1) is 0 Å². The quantitative estimate of drug-likeness (QED) is 0.857. The Morgan fingerprint density at radius 1 is 1.43 bits per heavy atom. The van der Waals surface area contributed by atoms with Crippen LogP contribution in [0.15, 0.2) is 24.3 Å². The van der Waals surface area contributed by atoms with Gasteiger partial charge in [-0.3, -0.25) is 4.90 Å². The Labute approximate surface area is 128 Å². The molecular formula is C18H26N2O. The van der Waals surface area contributed by atoms with Crippen molar-refractivity contribution in [2.45, 2.75) is 31.8 Å². The van der Waals surface area contributed by atoms with Crippen molar-refractivity contribution in [3.8, 4) is 11.8 Å². The van der Waals surface area contributed by atoms with Gasteiger partial charge in [0, 0.05) is 31.1 Å². The second kappa shape index (κ2) is 8.19. The first-order valence-electron chi connectivity index (χ1n) is 7.76. The first kappa shape index (κ1) is 16.0. The highest BCUT2D eigenvalue weighted by Gasteiger charge is 2.20. The molecule has 1 heterocycles. The van der Waals surface area contributed by atoms with Crippen LogP contribution in [0.4, 0.5) is 0 Å². The van der Waals surface area contributed by atoms with Crippen molar-refractivity contribution in [3.05, 3.63) is 35.4 Å². The average molecular weight is 286 g/mol. The minimum atomic E-state index is 0.130. The summed E-state index contributed by atoms with van der Waals surface area (Å²) in [6.07, 6.45) is 3.12. The molecule has 3 nitrogen and oxygen atoms in total. The predicted molar refractivity (Wildman–Crippen MR) is 87.0 cm³/mol. The van der Waals surface area contributed by atoms with E-state index in [0.29, 0.717) is 12.5 Å². The molecule has 2 rings (SSSR count). The van der Waals surface area contributed by atoms with Crippen molar-refractivity contribution >= 4 is 0 Å². The summed E-state index contributed by atoms with van der Waals surface area (Å²) in [6.45, 7) is 3.48. The minimum absolute atomic E-state index is 0.130. The average Bonchev–Trinajstić information content (AvgIpc) is 2.48. The molecule has 1 N–H and O–H groups in total. The van der Waals surface area contributed by atoms with Crippen LogP contribution in [-0.2, 0) is 6.54 Å². The summed E-state index contributed by atoms with van der Waals surface area (Å²) in [4.78, 5) is 4.87. The van der Waals surface area contributed by atoms with Crippen LogP contribution in [0.25, 0.3) is 0 Å². The van der Waals surface area contributed by atoms with Gasteiger partial charge in [-0.25, -0.2) is 0 Å². The molecule has 0 saturated carbocycles. The van der Waals surface area contributed by atoms with E-state index >= 15 is 0 Å². The lowest BCUT2D eigenvalue weighted by atomic mass is 10.0. The summed E-state index contributed by atoms with van der Waals surface area (Å²) in [5, 5.41) is 8.77. The third-order valence-electron chi connectivity index (χ3n) is 4.05. The number of likely N-dealkylation sites (N-methyl/N-ethyl adjacent to an activating group) is 2. The van der Waals surface area contributed by atoms with Crippen LogP contribution in [-0.4, -0.2) is 54.7 Å². The number of piperidine rings is 1. The molecular weight excluding hydrogens is 260 g/mol. The summed E-state index contributed by atoms with van der Waals surface area (Å²) < 4.78 is 0. The van der Waals surface area contributed by atoms with Gasteiger partial charge in [0.1, 0.15) is 0 Å². The summed E-state index contributed by atoms with van der Waals surface area (Å²) in [5.74, 6) is 6.09. The molecule has 1 atom stereocenters. The zero-order valence-electron chi connectivity index (χ0n) is 13.2. The first-order valence-corrected chi connectivity index (χ1v) is 7.76. The Morgan fingerprint density at radius 2 is 2.29 bits per heavy atom. The molecule has 3 heteroatoms. The number of likely N-dealkylation sites (tertiary alicyclic amines) is 1. The minimum Gasteiger partial charge on any atom is -0.395 e. The molecule has 0 aliphatic carbocycles. The van der Waals surface area contributed by atoms with Gasteiger partial charge in [0.2, 0.25) is 0 Å². The van der Waals surface area contributed by atoms with Crippen LogP contribution in [0.5, 0.6) is 0 Å². The fraction of sp³-hybridized carbons (Fsp3) is 0.556. The largest absolute Gasteiger partial charge is 0.395 e. The maximum absolute atomic E-state index is 8.77. The molecule has 0 amide bonds. The highest BCUT2D eigenvalue weighted by molar-refractivity contribution is 5.37. The normalized spacial score (nSPS) is 19.3. The molecule has 114 valence electrons. The Hall–Kier alpha value is -1.34. The molecule has 1 aliphatic heterocycles. The molecule has 1 saturated heterocycles. The molecule has 0 spiro atoms. The third kappa shape index (κ3) is 5.17. The van der Waals surface area contributed by atoms with Crippen LogP contribution in [0.1, 0.15) is 30.4 Å². The van der Waals surface area contributed by atoms with Crippen molar-refractivity contribution in [3.63, 3.8) is 0 Å². The molecule has 1 aromatic carbocycles. The number of benzene rings is 1. The number of rotatable bonds is 4. The van der Waals surface area contributed by atoms with E-state index in [1.807, 2.05) is 6.07 Å².